The quantitative estimate of drug-likeness (QED) is 0.798. The first-order valence-corrected chi connectivity index (χ1v) is 8.57. The topological polar surface area (TPSA) is 29.5 Å². The van der Waals surface area contributed by atoms with Crippen molar-refractivity contribution in [2.45, 2.75) is 51.2 Å². The number of rotatable bonds is 4. The Morgan fingerprint density at radius 1 is 1.24 bits per heavy atom. The van der Waals surface area contributed by atoms with Crippen LogP contribution in [0.1, 0.15) is 31.4 Å². The zero-order valence-corrected chi connectivity index (χ0v) is 14.2. The smallest absolute Gasteiger partial charge is 0.223 e. The van der Waals surface area contributed by atoms with Crippen LogP contribution in [-0.2, 0) is 9.53 Å². The van der Waals surface area contributed by atoms with Crippen molar-refractivity contribution in [3.05, 3.63) is 29.3 Å². The predicted molar refractivity (Wildman–Crippen MR) is 87.8 cm³/mol. The van der Waals surface area contributed by atoms with Gasteiger partial charge >= 0.3 is 0 Å². The van der Waals surface area contributed by atoms with Crippen molar-refractivity contribution in [2.24, 2.45) is 0 Å². The lowest BCUT2D eigenvalue weighted by Gasteiger charge is -2.35. The third-order valence-electron chi connectivity index (χ3n) is 3.84. The first-order chi connectivity index (χ1) is 9.95. The Morgan fingerprint density at radius 2 is 1.90 bits per heavy atom. The molecule has 21 heavy (non-hydrogen) atoms. The summed E-state index contributed by atoms with van der Waals surface area (Å²) in [5.74, 6) is 1.08. The molecule has 2 unspecified atom stereocenters. The second-order valence-corrected chi connectivity index (χ2v) is 7.07. The molecule has 2 rings (SSSR count). The van der Waals surface area contributed by atoms with Gasteiger partial charge in [-0.15, -0.1) is 11.8 Å². The molecule has 1 aromatic rings. The summed E-state index contributed by atoms with van der Waals surface area (Å²) in [5, 5.41) is 0. The van der Waals surface area contributed by atoms with Crippen LogP contribution >= 0.6 is 11.8 Å². The number of hydrogen-bond donors (Lipinski definition) is 0. The van der Waals surface area contributed by atoms with E-state index in [1.807, 2.05) is 18.7 Å². The number of ether oxygens (including phenoxy) is 1. The van der Waals surface area contributed by atoms with Gasteiger partial charge in [-0.25, -0.2) is 0 Å². The van der Waals surface area contributed by atoms with Crippen LogP contribution in [0, 0.1) is 13.8 Å². The van der Waals surface area contributed by atoms with Crippen molar-refractivity contribution in [3.63, 3.8) is 0 Å². The number of benzene rings is 1. The highest BCUT2D eigenvalue weighted by Gasteiger charge is 2.25. The first-order valence-electron chi connectivity index (χ1n) is 7.59. The van der Waals surface area contributed by atoms with Gasteiger partial charge in [-0.3, -0.25) is 4.79 Å². The lowest BCUT2D eigenvalue weighted by Crippen LogP contribution is -2.48. The number of carbonyl (C=O) groups excluding carboxylic acids is 1. The van der Waals surface area contributed by atoms with Gasteiger partial charge < -0.3 is 9.64 Å². The molecule has 1 aliphatic rings. The lowest BCUT2D eigenvalue weighted by molar-refractivity contribution is -0.142. The van der Waals surface area contributed by atoms with Crippen molar-refractivity contribution in [3.8, 4) is 0 Å². The van der Waals surface area contributed by atoms with Crippen molar-refractivity contribution in [1.82, 2.24) is 4.90 Å². The molecule has 0 radical (unpaired) electrons. The summed E-state index contributed by atoms with van der Waals surface area (Å²) in [6.45, 7) is 9.74. The van der Waals surface area contributed by atoms with Gasteiger partial charge in [0.2, 0.25) is 5.91 Å². The number of morpholine rings is 1. The molecular weight excluding hydrogens is 282 g/mol. The fourth-order valence-corrected chi connectivity index (χ4v) is 3.54. The standard InChI is InChI=1S/C17H25NO2S/c1-12-5-6-16(9-13(12)2)21-8-7-17(19)18-10-14(3)20-15(4)11-18/h5-6,9,14-15H,7-8,10-11H2,1-4H3. The summed E-state index contributed by atoms with van der Waals surface area (Å²) in [5.41, 5.74) is 2.62. The number of amides is 1. The van der Waals surface area contributed by atoms with E-state index in [9.17, 15) is 4.79 Å². The lowest BCUT2D eigenvalue weighted by atomic mass is 10.1. The number of nitrogens with zero attached hydrogens (tertiary/aromatic N) is 1. The van der Waals surface area contributed by atoms with Crippen molar-refractivity contribution in [1.29, 1.82) is 0 Å². The maximum absolute atomic E-state index is 12.3. The normalized spacial score (nSPS) is 22.4. The summed E-state index contributed by atoms with van der Waals surface area (Å²) in [7, 11) is 0. The van der Waals surface area contributed by atoms with E-state index in [2.05, 4.69) is 32.0 Å². The van der Waals surface area contributed by atoms with Crippen LogP contribution in [0.15, 0.2) is 23.1 Å². The molecule has 0 spiro atoms. The maximum atomic E-state index is 12.3. The van der Waals surface area contributed by atoms with Gasteiger partial charge in [0.05, 0.1) is 12.2 Å². The second kappa shape index (κ2) is 7.32. The molecule has 1 heterocycles. The fraction of sp³-hybridized carbons (Fsp3) is 0.588. The number of carbonyl (C=O) groups is 1. The minimum absolute atomic E-state index is 0.144. The highest BCUT2D eigenvalue weighted by atomic mass is 32.2. The van der Waals surface area contributed by atoms with E-state index in [0.29, 0.717) is 6.42 Å². The largest absolute Gasteiger partial charge is 0.372 e. The summed E-state index contributed by atoms with van der Waals surface area (Å²) in [6, 6.07) is 6.48. The highest BCUT2D eigenvalue weighted by molar-refractivity contribution is 7.99. The number of aryl methyl sites for hydroxylation is 2. The average Bonchev–Trinajstić information content (AvgIpc) is 2.41. The third-order valence-corrected chi connectivity index (χ3v) is 4.83. The summed E-state index contributed by atoms with van der Waals surface area (Å²) in [6.07, 6.45) is 0.882. The zero-order valence-electron chi connectivity index (χ0n) is 13.4. The van der Waals surface area contributed by atoms with Crippen molar-refractivity contribution >= 4 is 17.7 Å². The van der Waals surface area contributed by atoms with Crippen molar-refractivity contribution in [2.75, 3.05) is 18.8 Å². The molecular formula is C17H25NO2S. The van der Waals surface area contributed by atoms with E-state index in [-0.39, 0.29) is 18.1 Å². The molecule has 0 bridgehead atoms. The van der Waals surface area contributed by atoms with E-state index < -0.39 is 0 Å². The van der Waals surface area contributed by atoms with Crippen LogP contribution in [-0.4, -0.2) is 41.9 Å². The van der Waals surface area contributed by atoms with E-state index in [4.69, 9.17) is 4.74 Å². The molecule has 116 valence electrons. The molecule has 0 saturated carbocycles. The first kappa shape index (κ1) is 16.4. The summed E-state index contributed by atoms with van der Waals surface area (Å²) >= 11 is 1.76. The van der Waals surface area contributed by atoms with Crippen LogP contribution in [0.5, 0.6) is 0 Å². The molecule has 1 amide bonds. The molecule has 1 saturated heterocycles. The molecule has 1 aromatic carbocycles. The molecule has 1 aliphatic heterocycles. The Morgan fingerprint density at radius 3 is 2.52 bits per heavy atom. The number of thioether (sulfide) groups is 1. The molecule has 3 nitrogen and oxygen atoms in total. The van der Waals surface area contributed by atoms with Crippen LogP contribution in [0.4, 0.5) is 0 Å². The van der Waals surface area contributed by atoms with Crippen LogP contribution < -0.4 is 0 Å². The molecule has 4 heteroatoms. The Labute approximate surface area is 132 Å². The Bertz CT molecular complexity index is 494. The molecule has 0 N–H and O–H groups in total. The summed E-state index contributed by atoms with van der Waals surface area (Å²) in [4.78, 5) is 15.4. The Kier molecular flexibility index (Phi) is 5.71. The number of hydrogen-bond acceptors (Lipinski definition) is 3. The monoisotopic (exact) mass is 307 g/mol. The van der Waals surface area contributed by atoms with Gasteiger partial charge in [0, 0.05) is 30.2 Å². The average molecular weight is 307 g/mol. The van der Waals surface area contributed by atoms with Crippen LogP contribution in [0.2, 0.25) is 0 Å². The van der Waals surface area contributed by atoms with E-state index in [0.717, 1.165) is 18.8 Å². The molecule has 0 aliphatic carbocycles. The third kappa shape index (κ3) is 4.75. The van der Waals surface area contributed by atoms with Gasteiger partial charge in [0.25, 0.3) is 0 Å². The minimum atomic E-state index is 0.144. The SMILES string of the molecule is Cc1ccc(SCCC(=O)N2CC(C)OC(C)C2)cc1C. The van der Waals surface area contributed by atoms with Gasteiger partial charge in [-0.05, 0) is 51.0 Å². The second-order valence-electron chi connectivity index (χ2n) is 5.90. The van der Waals surface area contributed by atoms with Crippen LogP contribution in [0.25, 0.3) is 0 Å². The van der Waals surface area contributed by atoms with Gasteiger partial charge in [0.15, 0.2) is 0 Å². The van der Waals surface area contributed by atoms with Crippen molar-refractivity contribution < 1.29 is 9.53 Å². The fourth-order valence-electron chi connectivity index (χ4n) is 2.60. The van der Waals surface area contributed by atoms with Gasteiger partial charge in [-0.2, -0.15) is 0 Å². The zero-order chi connectivity index (χ0) is 15.4. The van der Waals surface area contributed by atoms with E-state index >= 15 is 0 Å². The van der Waals surface area contributed by atoms with E-state index in [1.54, 1.807) is 11.8 Å². The van der Waals surface area contributed by atoms with Gasteiger partial charge in [0.1, 0.15) is 0 Å². The highest BCUT2D eigenvalue weighted by Crippen LogP contribution is 2.22. The predicted octanol–water partition coefficient (Wildman–Crippen LogP) is 3.42. The van der Waals surface area contributed by atoms with Gasteiger partial charge in [-0.1, -0.05) is 6.07 Å². The Balaban J connectivity index is 1.80. The molecule has 0 aromatic heterocycles. The molecule has 2 atom stereocenters. The van der Waals surface area contributed by atoms with Crippen LogP contribution in [0.3, 0.4) is 0 Å². The summed E-state index contributed by atoms with van der Waals surface area (Å²) < 4.78 is 5.67. The Hall–Kier alpha value is -1.00. The van der Waals surface area contributed by atoms with E-state index in [1.165, 1.54) is 16.0 Å². The maximum Gasteiger partial charge on any atom is 0.223 e. The molecule has 1 fully saturated rings. The minimum Gasteiger partial charge on any atom is -0.372 e.